The van der Waals surface area contributed by atoms with Crippen molar-refractivity contribution in [2.45, 2.75) is 45.6 Å². The Labute approximate surface area is 120 Å². The predicted molar refractivity (Wildman–Crippen MR) is 77.5 cm³/mol. The molecule has 5 heteroatoms. The Hall–Kier alpha value is -0.550. The molecule has 2 heterocycles. The average Bonchev–Trinajstić information content (AvgIpc) is 2.41. The molecule has 0 radical (unpaired) electrons. The molecule has 0 saturated carbocycles. The van der Waals surface area contributed by atoms with Gasteiger partial charge in [0.1, 0.15) is 0 Å². The van der Waals surface area contributed by atoms with Crippen LogP contribution in [0.25, 0.3) is 0 Å². The van der Waals surface area contributed by atoms with E-state index in [1.807, 2.05) is 0 Å². The van der Waals surface area contributed by atoms with Crippen LogP contribution < -0.4 is 0 Å². The Morgan fingerprint density at radius 1 is 1.44 bits per heavy atom. The van der Waals surface area contributed by atoms with Crippen molar-refractivity contribution >= 4 is 33.4 Å². The summed E-state index contributed by atoms with van der Waals surface area (Å²) >= 11 is 5.34. The highest BCUT2D eigenvalue weighted by Gasteiger charge is 2.29. The van der Waals surface area contributed by atoms with E-state index in [1.54, 1.807) is 11.3 Å². The maximum atomic E-state index is 11.1. The van der Waals surface area contributed by atoms with E-state index in [9.17, 15) is 4.79 Å². The molecule has 1 aliphatic rings. The van der Waals surface area contributed by atoms with Gasteiger partial charge in [-0.05, 0) is 45.3 Å². The van der Waals surface area contributed by atoms with E-state index < -0.39 is 6.09 Å². The van der Waals surface area contributed by atoms with Crippen LogP contribution in [0.3, 0.4) is 0 Å². The molecular formula is C13H18BrNO2S. The number of hydrogen-bond acceptors (Lipinski definition) is 2. The van der Waals surface area contributed by atoms with Gasteiger partial charge in [-0.1, -0.05) is 20.8 Å². The lowest BCUT2D eigenvalue weighted by Crippen LogP contribution is -2.28. The number of thiophene rings is 1. The van der Waals surface area contributed by atoms with Crippen LogP contribution >= 0.6 is 27.3 Å². The van der Waals surface area contributed by atoms with Crippen molar-refractivity contribution in [1.29, 1.82) is 0 Å². The number of carbonyl (C=O) groups is 1. The third kappa shape index (κ3) is 2.57. The summed E-state index contributed by atoms with van der Waals surface area (Å²) in [5, 5.41) is 9.14. The first kappa shape index (κ1) is 13.9. The molecule has 1 aromatic rings. The lowest BCUT2D eigenvalue weighted by atomic mass is 9.84. The van der Waals surface area contributed by atoms with Gasteiger partial charge in [0.05, 0.1) is 10.3 Å². The number of nitrogens with zero attached hydrogens (tertiary/aromatic N) is 1. The Morgan fingerprint density at radius 2 is 2.11 bits per heavy atom. The normalized spacial score (nSPS) is 16.3. The first-order valence-corrected chi connectivity index (χ1v) is 7.70. The molecule has 0 fully saturated rings. The minimum Gasteiger partial charge on any atom is -0.465 e. The molecular weight excluding hydrogens is 314 g/mol. The van der Waals surface area contributed by atoms with E-state index in [4.69, 9.17) is 5.11 Å². The van der Waals surface area contributed by atoms with Gasteiger partial charge in [0.2, 0.25) is 0 Å². The maximum Gasteiger partial charge on any atom is 0.407 e. The van der Waals surface area contributed by atoms with Gasteiger partial charge in [-0.3, -0.25) is 0 Å². The molecule has 1 amide bonds. The predicted octanol–water partition coefficient (Wildman–Crippen LogP) is 4.23. The molecule has 0 spiro atoms. The monoisotopic (exact) mass is 331 g/mol. The summed E-state index contributed by atoms with van der Waals surface area (Å²) in [5.41, 5.74) is 2.82. The minimum absolute atomic E-state index is 0.0985. The topological polar surface area (TPSA) is 40.5 Å². The minimum atomic E-state index is -0.815. The van der Waals surface area contributed by atoms with Crippen molar-refractivity contribution in [3.8, 4) is 0 Å². The third-order valence-electron chi connectivity index (χ3n) is 3.26. The number of amides is 1. The Kier molecular flexibility index (Phi) is 3.74. The second-order valence-corrected chi connectivity index (χ2v) is 8.13. The third-order valence-corrected chi connectivity index (χ3v) is 5.14. The van der Waals surface area contributed by atoms with Gasteiger partial charge in [-0.25, -0.2) is 4.79 Å². The molecule has 100 valence electrons. The van der Waals surface area contributed by atoms with Crippen molar-refractivity contribution in [3.63, 3.8) is 0 Å². The highest BCUT2D eigenvalue weighted by Crippen LogP contribution is 2.42. The quantitative estimate of drug-likeness (QED) is 0.772. The first-order chi connectivity index (χ1) is 8.30. The summed E-state index contributed by atoms with van der Waals surface area (Å²) in [5.74, 6) is 0. The molecule has 1 aromatic heterocycles. The van der Waals surface area contributed by atoms with Crippen LogP contribution in [0.5, 0.6) is 0 Å². The van der Waals surface area contributed by atoms with Gasteiger partial charge in [0.25, 0.3) is 0 Å². The number of carboxylic acid groups (broad SMARTS) is 1. The van der Waals surface area contributed by atoms with Crippen LogP contribution in [0, 0.1) is 0 Å². The van der Waals surface area contributed by atoms with Crippen LogP contribution in [0.2, 0.25) is 0 Å². The number of hydrogen-bond donors (Lipinski definition) is 1. The number of fused-ring (bicyclic) bond motifs is 1. The zero-order chi connectivity index (χ0) is 13.5. The molecule has 0 saturated heterocycles. The Balaban J connectivity index is 2.44. The highest BCUT2D eigenvalue weighted by atomic mass is 79.9. The molecule has 0 aliphatic carbocycles. The zero-order valence-electron chi connectivity index (χ0n) is 10.9. The molecule has 2 rings (SSSR count). The van der Waals surface area contributed by atoms with Crippen molar-refractivity contribution in [1.82, 2.24) is 4.90 Å². The van der Waals surface area contributed by atoms with Crippen molar-refractivity contribution in [2.24, 2.45) is 0 Å². The van der Waals surface area contributed by atoms with Gasteiger partial charge < -0.3 is 10.0 Å². The summed E-state index contributed by atoms with van der Waals surface area (Å²) < 4.78 is 1.16. The summed E-state index contributed by atoms with van der Waals surface area (Å²) in [6, 6.07) is 0. The summed E-state index contributed by atoms with van der Waals surface area (Å²) in [7, 11) is 0. The van der Waals surface area contributed by atoms with E-state index in [1.165, 1.54) is 20.9 Å². The van der Waals surface area contributed by atoms with Crippen LogP contribution in [-0.4, -0.2) is 22.6 Å². The molecule has 0 unspecified atom stereocenters. The second kappa shape index (κ2) is 4.85. The van der Waals surface area contributed by atoms with Crippen molar-refractivity contribution in [3.05, 3.63) is 19.8 Å². The fourth-order valence-corrected chi connectivity index (χ4v) is 5.20. The zero-order valence-corrected chi connectivity index (χ0v) is 13.3. The SMILES string of the molecule is CC(C)(C)c1c(Br)sc2c1CCCN(C(=O)O)C2. The maximum absolute atomic E-state index is 11.1. The Morgan fingerprint density at radius 3 is 2.67 bits per heavy atom. The number of rotatable bonds is 0. The van der Waals surface area contributed by atoms with Gasteiger partial charge in [0, 0.05) is 11.4 Å². The van der Waals surface area contributed by atoms with E-state index in [-0.39, 0.29) is 5.41 Å². The first-order valence-electron chi connectivity index (χ1n) is 6.09. The smallest absolute Gasteiger partial charge is 0.407 e. The van der Waals surface area contributed by atoms with Gasteiger partial charge in [-0.15, -0.1) is 11.3 Å². The van der Waals surface area contributed by atoms with Crippen molar-refractivity contribution in [2.75, 3.05) is 6.54 Å². The van der Waals surface area contributed by atoms with Gasteiger partial charge in [-0.2, -0.15) is 0 Å². The largest absolute Gasteiger partial charge is 0.465 e. The molecule has 18 heavy (non-hydrogen) atoms. The molecule has 1 aliphatic heterocycles. The van der Waals surface area contributed by atoms with Crippen molar-refractivity contribution < 1.29 is 9.90 Å². The molecule has 1 N–H and O–H groups in total. The van der Waals surface area contributed by atoms with E-state index >= 15 is 0 Å². The van der Waals surface area contributed by atoms with Gasteiger partial charge in [0.15, 0.2) is 0 Å². The van der Waals surface area contributed by atoms with Crippen LogP contribution in [0.4, 0.5) is 4.79 Å². The molecule has 3 nitrogen and oxygen atoms in total. The lowest BCUT2D eigenvalue weighted by molar-refractivity contribution is 0.143. The fourth-order valence-electron chi connectivity index (χ4n) is 2.48. The van der Waals surface area contributed by atoms with Crippen LogP contribution in [0.1, 0.15) is 43.2 Å². The van der Waals surface area contributed by atoms with E-state index in [0.29, 0.717) is 13.1 Å². The number of halogens is 1. The molecule has 0 bridgehead atoms. The average molecular weight is 332 g/mol. The Bertz CT molecular complexity index is 476. The summed E-state index contributed by atoms with van der Waals surface area (Å²) in [4.78, 5) is 13.8. The summed E-state index contributed by atoms with van der Waals surface area (Å²) in [6.07, 6.45) is 1.07. The van der Waals surface area contributed by atoms with E-state index in [2.05, 4.69) is 36.7 Å². The highest BCUT2D eigenvalue weighted by molar-refractivity contribution is 9.11. The van der Waals surface area contributed by atoms with E-state index in [0.717, 1.165) is 16.6 Å². The van der Waals surface area contributed by atoms with Crippen LogP contribution in [0.15, 0.2) is 3.79 Å². The summed E-state index contributed by atoms with van der Waals surface area (Å²) in [6.45, 7) is 7.79. The lowest BCUT2D eigenvalue weighted by Gasteiger charge is -2.20. The van der Waals surface area contributed by atoms with Crippen LogP contribution in [-0.2, 0) is 18.4 Å². The van der Waals surface area contributed by atoms with Gasteiger partial charge >= 0.3 is 6.09 Å². The molecule has 0 atom stereocenters. The second-order valence-electron chi connectivity index (χ2n) is 5.71. The molecule has 0 aromatic carbocycles. The standard InChI is InChI=1S/C13H18BrNO2S/c1-13(2,3)10-8-5-4-6-15(12(16)17)7-9(8)18-11(10)14/h4-7H2,1-3H3,(H,16,17). The fraction of sp³-hybridized carbons (Fsp3) is 0.615.